The second kappa shape index (κ2) is 6.23. The lowest BCUT2D eigenvalue weighted by Gasteiger charge is -2.02. The maximum Gasteiger partial charge on any atom is 0.307 e. The summed E-state index contributed by atoms with van der Waals surface area (Å²) in [5.41, 5.74) is 1.78. The van der Waals surface area contributed by atoms with Crippen molar-refractivity contribution in [3.63, 3.8) is 0 Å². The predicted octanol–water partition coefficient (Wildman–Crippen LogP) is 2.42. The summed E-state index contributed by atoms with van der Waals surface area (Å²) in [5, 5.41) is 3.52. The molecule has 20 heavy (non-hydrogen) atoms. The van der Waals surface area contributed by atoms with Crippen molar-refractivity contribution >= 4 is 22.8 Å². The lowest BCUT2D eigenvalue weighted by molar-refractivity contribution is -0.142. The van der Waals surface area contributed by atoms with Gasteiger partial charge in [0.05, 0.1) is 13.0 Å². The van der Waals surface area contributed by atoms with Crippen molar-refractivity contribution in [3.05, 3.63) is 35.6 Å². The second-order valence-electron chi connectivity index (χ2n) is 4.46. The van der Waals surface area contributed by atoms with Gasteiger partial charge in [-0.05, 0) is 32.0 Å². The van der Waals surface area contributed by atoms with Gasteiger partial charge in [0.15, 0.2) is 5.76 Å². The minimum Gasteiger partial charge on any atom is -0.466 e. The Bertz CT molecular complexity index is 630. The molecule has 0 spiro atoms. The van der Waals surface area contributed by atoms with Gasteiger partial charge < -0.3 is 14.5 Å². The van der Waals surface area contributed by atoms with Gasteiger partial charge in [-0.3, -0.25) is 9.59 Å². The van der Waals surface area contributed by atoms with Crippen molar-refractivity contribution in [1.29, 1.82) is 0 Å². The summed E-state index contributed by atoms with van der Waals surface area (Å²) in [4.78, 5) is 23.0. The van der Waals surface area contributed by atoms with Crippen LogP contribution >= 0.6 is 0 Å². The van der Waals surface area contributed by atoms with Crippen LogP contribution in [-0.2, 0) is 9.53 Å². The van der Waals surface area contributed by atoms with Crippen molar-refractivity contribution in [1.82, 2.24) is 5.32 Å². The second-order valence-corrected chi connectivity index (χ2v) is 4.46. The molecule has 0 aliphatic heterocycles. The van der Waals surface area contributed by atoms with E-state index >= 15 is 0 Å². The number of hydrogen-bond donors (Lipinski definition) is 1. The van der Waals surface area contributed by atoms with E-state index in [4.69, 9.17) is 9.15 Å². The van der Waals surface area contributed by atoms with Gasteiger partial charge >= 0.3 is 5.97 Å². The van der Waals surface area contributed by atoms with E-state index in [9.17, 15) is 9.59 Å². The zero-order chi connectivity index (χ0) is 14.5. The third kappa shape index (κ3) is 3.38. The highest BCUT2D eigenvalue weighted by Crippen LogP contribution is 2.20. The Balaban J connectivity index is 1.95. The maximum absolute atomic E-state index is 11.9. The summed E-state index contributed by atoms with van der Waals surface area (Å²) in [6.45, 7) is 4.29. The third-order valence-corrected chi connectivity index (χ3v) is 2.82. The van der Waals surface area contributed by atoms with E-state index < -0.39 is 0 Å². The van der Waals surface area contributed by atoms with Gasteiger partial charge in [0.1, 0.15) is 5.58 Å². The molecule has 106 valence electrons. The lowest BCUT2D eigenvalue weighted by atomic mass is 10.2. The highest BCUT2D eigenvalue weighted by atomic mass is 16.5. The molecule has 0 atom stereocenters. The maximum atomic E-state index is 11.9. The van der Waals surface area contributed by atoms with Gasteiger partial charge in [0, 0.05) is 11.9 Å². The van der Waals surface area contributed by atoms with Crippen molar-refractivity contribution in [2.45, 2.75) is 20.3 Å². The van der Waals surface area contributed by atoms with Crippen LogP contribution in [0.5, 0.6) is 0 Å². The Morgan fingerprint density at radius 3 is 2.85 bits per heavy atom. The molecule has 5 heteroatoms. The highest BCUT2D eigenvalue weighted by molar-refractivity contribution is 5.96. The number of benzene rings is 1. The molecule has 0 radical (unpaired) electrons. The largest absolute Gasteiger partial charge is 0.466 e. The fraction of sp³-hybridized carbons (Fsp3) is 0.333. The van der Waals surface area contributed by atoms with E-state index in [1.165, 1.54) is 0 Å². The summed E-state index contributed by atoms with van der Waals surface area (Å²) in [6.07, 6.45) is 0.152. The first-order chi connectivity index (χ1) is 9.60. The average Bonchev–Trinajstić information content (AvgIpc) is 2.82. The van der Waals surface area contributed by atoms with E-state index in [1.54, 1.807) is 13.0 Å². The first-order valence-electron chi connectivity index (χ1n) is 6.54. The smallest absolute Gasteiger partial charge is 0.307 e. The molecule has 1 N–H and O–H groups in total. The minimum atomic E-state index is -0.330. The lowest BCUT2D eigenvalue weighted by Crippen LogP contribution is -2.26. The molecule has 0 fully saturated rings. The summed E-state index contributed by atoms with van der Waals surface area (Å²) in [7, 11) is 0. The normalized spacial score (nSPS) is 10.5. The van der Waals surface area contributed by atoms with E-state index in [-0.39, 0.29) is 30.6 Å². The first-order valence-corrected chi connectivity index (χ1v) is 6.54. The van der Waals surface area contributed by atoms with E-state index in [0.29, 0.717) is 12.2 Å². The number of hydrogen-bond acceptors (Lipinski definition) is 4. The summed E-state index contributed by atoms with van der Waals surface area (Å²) >= 11 is 0. The van der Waals surface area contributed by atoms with Crippen LogP contribution in [0.3, 0.4) is 0 Å². The summed E-state index contributed by atoms with van der Waals surface area (Å²) in [6, 6.07) is 7.41. The fourth-order valence-electron chi connectivity index (χ4n) is 1.87. The van der Waals surface area contributed by atoms with E-state index in [0.717, 1.165) is 10.9 Å². The Morgan fingerprint density at radius 2 is 2.10 bits per heavy atom. The number of carbonyl (C=O) groups is 2. The molecule has 0 saturated carbocycles. The number of esters is 1. The zero-order valence-electron chi connectivity index (χ0n) is 11.6. The average molecular weight is 275 g/mol. The number of amides is 1. The molecule has 0 unspecified atom stereocenters. The van der Waals surface area contributed by atoms with Crippen LogP contribution in [0, 0.1) is 6.92 Å². The van der Waals surface area contributed by atoms with Crippen molar-refractivity contribution in [3.8, 4) is 0 Å². The molecule has 1 aromatic carbocycles. The van der Waals surface area contributed by atoms with Crippen molar-refractivity contribution in [2.24, 2.45) is 0 Å². The molecule has 1 aromatic heterocycles. The molecule has 0 aliphatic rings. The zero-order valence-corrected chi connectivity index (χ0v) is 11.6. The van der Waals surface area contributed by atoms with Crippen LogP contribution in [0.4, 0.5) is 0 Å². The molecule has 2 rings (SSSR count). The topological polar surface area (TPSA) is 68.5 Å². The van der Waals surface area contributed by atoms with Crippen LogP contribution in [-0.4, -0.2) is 25.0 Å². The number of furan rings is 1. The van der Waals surface area contributed by atoms with Crippen molar-refractivity contribution in [2.75, 3.05) is 13.2 Å². The van der Waals surface area contributed by atoms with Gasteiger partial charge in [-0.25, -0.2) is 0 Å². The number of ether oxygens (including phenoxy) is 1. The third-order valence-electron chi connectivity index (χ3n) is 2.82. The SMILES string of the molecule is CCOC(=O)CCNC(=O)c1cc2cc(C)ccc2o1. The fourth-order valence-corrected chi connectivity index (χ4v) is 1.87. The van der Waals surface area contributed by atoms with Gasteiger partial charge in [-0.1, -0.05) is 11.6 Å². The standard InChI is InChI=1S/C15H17NO4/c1-3-19-14(17)6-7-16-15(18)13-9-11-8-10(2)4-5-12(11)20-13/h4-5,8-9H,3,6-7H2,1-2H3,(H,16,18). The van der Waals surface area contributed by atoms with Gasteiger partial charge in [-0.2, -0.15) is 0 Å². The van der Waals surface area contributed by atoms with Crippen LogP contribution in [0.1, 0.15) is 29.5 Å². The minimum absolute atomic E-state index is 0.152. The highest BCUT2D eigenvalue weighted by Gasteiger charge is 2.12. The molecular weight excluding hydrogens is 258 g/mol. The molecule has 0 saturated heterocycles. The van der Waals surface area contributed by atoms with Crippen LogP contribution < -0.4 is 5.32 Å². The number of fused-ring (bicyclic) bond motifs is 1. The van der Waals surface area contributed by atoms with Gasteiger partial charge in [0.2, 0.25) is 0 Å². The summed E-state index contributed by atoms with van der Waals surface area (Å²) < 4.78 is 10.2. The van der Waals surface area contributed by atoms with Crippen molar-refractivity contribution < 1.29 is 18.7 Å². The predicted molar refractivity (Wildman–Crippen MR) is 74.5 cm³/mol. The number of aryl methyl sites for hydroxylation is 1. The molecule has 0 bridgehead atoms. The van der Waals surface area contributed by atoms with Crippen LogP contribution in [0.2, 0.25) is 0 Å². The molecule has 5 nitrogen and oxygen atoms in total. The Kier molecular flexibility index (Phi) is 4.40. The van der Waals surface area contributed by atoms with Gasteiger partial charge in [-0.15, -0.1) is 0 Å². The van der Waals surface area contributed by atoms with E-state index in [2.05, 4.69) is 5.32 Å². The molecule has 2 aromatic rings. The Labute approximate surface area is 116 Å². The molecule has 0 aliphatic carbocycles. The number of rotatable bonds is 5. The van der Waals surface area contributed by atoms with E-state index in [1.807, 2.05) is 25.1 Å². The molecule has 1 heterocycles. The van der Waals surface area contributed by atoms with Crippen LogP contribution in [0.25, 0.3) is 11.0 Å². The van der Waals surface area contributed by atoms with Crippen LogP contribution in [0.15, 0.2) is 28.7 Å². The first kappa shape index (κ1) is 14.1. The Hall–Kier alpha value is -2.30. The number of nitrogens with one attached hydrogen (secondary N) is 1. The number of carbonyl (C=O) groups excluding carboxylic acids is 2. The Morgan fingerprint density at radius 1 is 1.30 bits per heavy atom. The molecular formula is C15H17NO4. The monoisotopic (exact) mass is 275 g/mol. The van der Waals surface area contributed by atoms with Gasteiger partial charge in [0.25, 0.3) is 5.91 Å². The molecule has 1 amide bonds. The quantitative estimate of drug-likeness (QED) is 0.851. The summed E-state index contributed by atoms with van der Waals surface area (Å²) in [5.74, 6) is -0.411.